The van der Waals surface area contributed by atoms with E-state index in [4.69, 9.17) is 11.6 Å². The van der Waals surface area contributed by atoms with Gasteiger partial charge in [-0.25, -0.2) is 0 Å². The van der Waals surface area contributed by atoms with Crippen LogP contribution in [0.5, 0.6) is 0 Å². The molecule has 0 aromatic heterocycles. The van der Waals surface area contributed by atoms with E-state index in [9.17, 15) is 9.59 Å². The van der Waals surface area contributed by atoms with Crippen molar-refractivity contribution in [2.75, 3.05) is 0 Å². The van der Waals surface area contributed by atoms with Crippen molar-refractivity contribution in [3.8, 4) is 0 Å². The fraction of sp³-hybridized carbons (Fsp3) is 0.750. The third kappa shape index (κ3) is 42.5. The van der Waals surface area contributed by atoms with Crippen LogP contribution in [0.15, 0.2) is 0 Å². The second kappa shape index (κ2) is 9.63. The Morgan fingerprint density at radius 1 is 1.27 bits per heavy atom. The summed E-state index contributed by atoms with van der Waals surface area (Å²) in [6, 6.07) is 0. The number of unbranched alkanes of at least 4 members (excludes halogenated alkanes) is 1. The Kier molecular flexibility index (Phi) is 11.6. The number of hydrogen-bond donors (Lipinski definition) is 0. The third-order valence-corrected chi connectivity index (χ3v) is 0.916. The van der Waals surface area contributed by atoms with E-state index in [2.05, 4.69) is 0 Å². The molecule has 0 atom stereocenters. The number of halogens is 1. The summed E-state index contributed by atoms with van der Waals surface area (Å²) in [4.78, 5) is 19.4. The summed E-state index contributed by atoms with van der Waals surface area (Å²) in [5, 5.41) is -0.221. The van der Waals surface area contributed by atoms with E-state index in [1.54, 1.807) is 0 Å². The third-order valence-electron chi connectivity index (χ3n) is 0.727. The molecule has 66 valence electrons. The first-order chi connectivity index (χ1) is 5.00. The molecular formula is C8H15ClO2. The van der Waals surface area contributed by atoms with Gasteiger partial charge in [-0.15, -0.1) is 0 Å². The zero-order valence-electron chi connectivity index (χ0n) is 7.32. The maximum Gasteiger partial charge on any atom is 0.221 e. The number of hydrogen-bond acceptors (Lipinski definition) is 2. The highest BCUT2D eigenvalue weighted by Gasteiger charge is 1.90. The van der Waals surface area contributed by atoms with E-state index >= 15 is 0 Å². The van der Waals surface area contributed by atoms with E-state index in [1.165, 1.54) is 13.8 Å². The summed E-state index contributed by atoms with van der Waals surface area (Å²) in [5.74, 6) is 0.167. The number of Topliss-reactive ketones (excluding diaryl/α,β-unsaturated/α-hetero) is 1. The van der Waals surface area contributed by atoms with Crippen molar-refractivity contribution in [2.24, 2.45) is 0 Å². The molecule has 0 heterocycles. The van der Waals surface area contributed by atoms with Crippen LogP contribution in [0.4, 0.5) is 0 Å². The van der Waals surface area contributed by atoms with E-state index in [0.29, 0.717) is 6.42 Å². The van der Waals surface area contributed by atoms with E-state index in [0.717, 1.165) is 12.8 Å². The Bertz CT molecular complexity index is 117. The van der Waals surface area contributed by atoms with Crippen LogP contribution in [0.3, 0.4) is 0 Å². The van der Waals surface area contributed by atoms with Gasteiger partial charge in [0.15, 0.2) is 0 Å². The summed E-state index contributed by atoms with van der Waals surface area (Å²) >= 11 is 5.02. The highest BCUT2D eigenvalue weighted by atomic mass is 35.5. The molecule has 11 heavy (non-hydrogen) atoms. The van der Waals surface area contributed by atoms with E-state index in [-0.39, 0.29) is 11.0 Å². The minimum atomic E-state index is -0.221. The Hall–Kier alpha value is -0.370. The Labute approximate surface area is 72.9 Å². The molecular weight excluding hydrogens is 164 g/mol. The molecule has 0 aromatic rings. The maximum absolute atomic E-state index is 9.97. The van der Waals surface area contributed by atoms with Gasteiger partial charge in [0.2, 0.25) is 5.24 Å². The molecule has 0 unspecified atom stereocenters. The van der Waals surface area contributed by atoms with Gasteiger partial charge in [0.1, 0.15) is 5.78 Å². The van der Waals surface area contributed by atoms with Gasteiger partial charge < -0.3 is 4.79 Å². The first kappa shape index (κ1) is 13.2. The molecule has 0 amide bonds. The molecule has 2 nitrogen and oxygen atoms in total. The summed E-state index contributed by atoms with van der Waals surface area (Å²) in [5.41, 5.74) is 0. The zero-order valence-corrected chi connectivity index (χ0v) is 8.07. The minimum Gasteiger partial charge on any atom is -0.300 e. The van der Waals surface area contributed by atoms with Gasteiger partial charge >= 0.3 is 0 Å². The fourth-order valence-corrected chi connectivity index (χ4v) is 0.449. The van der Waals surface area contributed by atoms with Crippen LogP contribution in [0, 0.1) is 0 Å². The van der Waals surface area contributed by atoms with Crippen LogP contribution in [0.25, 0.3) is 0 Å². The summed E-state index contributed by atoms with van der Waals surface area (Å²) in [6.45, 7) is 5.08. The molecule has 0 fully saturated rings. The Morgan fingerprint density at radius 2 is 1.64 bits per heavy atom. The average Bonchev–Trinajstić information content (AvgIpc) is 1.82. The van der Waals surface area contributed by atoms with Gasteiger partial charge in [0.25, 0.3) is 0 Å². The van der Waals surface area contributed by atoms with E-state index < -0.39 is 0 Å². The van der Waals surface area contributed by atoms with Crippen molar-refractivity contribution in [2.45, 2.75) is 40.0 Å². The number of ketones is 1. The van der Waals surface area contributed by atoms with Crippen molar-refractivity contribution in [1.82, 2.24) is 0 Å². The first-order valence-corrected chi connectivity index (χ1v) is 4.04. The number of carbonyl (C=O) groups is 2. The lowest BCUT2D eigenvalue weighted by Crippen LogP contribution is -1.82. The highest BCUT2D eigenvalue weighted by molar-refractivity contribution is 6.63. The molecule has 0 N–H and O–H groups in total. The second-order valence-corrected chi connectivity index (χ2v) is 2.79. The first-order valence-electron chi connectivity index (χ1n) is 3.66. The fourth-order valence-electron chi connectivity index (χ4n) is 0.316. The molecule has 0 aromatic carbocycles. The molecule has 3 heteroatoms. The van der Waals surface area contributed by atoms with Crippen molar-refractivity contribution in [3.63, 3.8) is 0 Å². The van der Waals surface area contributed by atoms with Crippen LogP contribution in [-0.2, 0) is 9.59 Å². The lowest BCUT2D eigenvalue weighted by molar-refractivity contribution is -0.115. The monoisotopic (exact) mass is 178 g/mol. The molecule has 0 rings (SSSR count). The SMILES string of the molecule is CC(C)=O.CCCCC(=O)Cl. The lowest BCUT2D eigenvalue weighted by Gasteiger charge is -1.84. The number of rotatable bonds is 3. The molecule has 0 aliphatic heterocycles. The standard InChI is InChI=1S/C5H9ClO.C3H6O/c1-2-3-4-5(6)7;1-3(2)4/h2-4H2,1H3;1-2H3. The van der Waals surface area contributed by atoms with Crippen molar-refractivity contribution in [3.05, 3.63) is 0 Å². The largest absolute Gasteiger partial charge is 0.300 e. The van der Waals surface area contributed by atoms with Gasteiger partial charge in [0, 0.05) is 6.42 Å². The molecule has 0 saturated carbocycles. The van der Waals surface area contributed by atoms with Crippen LogP contribution in [0.2, 0.25) is 0 Å². The predicted octanol–water partition coefficient (Wildman–Crippen LogP) is 2.54. The second-order valence-electron chi connectivity index (χ2n) is 2.37. The predicted molar refractivity (Wildman–Crippen MR) is 46.7 cm³/mol. The minimum absolute atomic E-state index is 0.167. The molecule has 0 aliphatic carbocycles. The topological polar surface area (TPSA) is 34.1 Å². The quantitative estimate of drug-likeness (QED) is 0.623. The van der Waals surface area contributed by atoms with Crippen LogP contribution in [0.1, 0.15) is 40.0 Å². The van der Waals surface area contributed by atoms with Crippen LogP contribution >= 0.6 is 11.6 Å². The Morgan fingerprint density at radius 3 is 1.73 bits per heavy atom. The van der Waals surface area contributed by atoms with Crippen molar-refractivity contribution in [1.29, 1.82) is 0 Å². The molecule has 0 spiro atoms. The van der Waals surface area contributed by atoms with E-state index in [1.807, 2.05) is 6.92 Å². The summed E-state index contributed by atoms with van der Waals surface area (Å²) < 4.78 is 0. The normalized spacial score (nSPS) is 8.00. The van der Waals surface area contributed by atoms with Crippen molar-refractivity contribution >= 4 is 22.6 Å². The smallest absolute Gasteiger partial charge is 0.221 e. The summed E-state index contributed by atoms with van der Waals surface area (Å²) in [7, 11) is 0. The molecule has 0 radical (unpaired) electrons. The molecule has 0 aliphatic rings. The van der Waals surface area contributed by atoms with Gasteiger partial charge in [0.05, 0.1) is 0 Å². The van der Waals surface area contributed by atoms with Crippen LogP contribution < -0.4 is 0 Å². The lowest BCUT2D eigenvalue weighted by atomic mass is 10.3. The number of carbonyl (C=O) groups excluding carboxylic acids is 2. The Balaban J connectivity index is 0. The van der Waals surface area contributed by atoms with Gasteiger partial charge in [-0.1, -0.05) is 13.3 Å². The molecule has 0 saturated heterocycles. The van der Waals surface area contributed by atoms with Gasteiger partial charge in [-0.2, -0.15) is 0 Å². The van der Waals surface area contributed by atoms with Crippen LogP contribution in [-0.4, -0.2) is 11.0 Å². The van der Waals surface area contributed by atoms with Gasteiger partial charge in [-0.05, 0) is 31.9 Å². The summed E-state index contributed by atoms with van der Waals surface area (Å²) in [6.07, 6.45) is 2.48. The van der Waals surface area contributed by atoms with Crippen molar-refractivity contribution < 1.29 is 9.59 Å². The average molecular weight is 179 g/mol. The van der Waals surface area contributed by atoms with Gasteiger partial charge in [-0.3, -0.25) is 4.79 Å². The highest BCUT2D eigenvalue weighted by Crippen LogP contribution is 1.96. The zero-order chi connectivity index (χ0) is 9.28. The molecule has 0 bridgehead atoms. The maximum atomic E-state index is 9.97.